The molecule has 1 unspecified atom stereocenters. The molecule has 7 nitrogen and oxygen atoms in total. The number of carbonyl (C=O) groups excluding carboxylic acids is 2. The number of nitrogens with zero attached hydrogens (tertiary/aromatic N) is 1. The van der Waals surface area contributed by atoms with Gasteiger partial charge in [-0.05, 0) is 36.6 Å². The standard InChI is InChI=1S/C21H24N2O5/c1-14(21(27)28)23(11-10-22-15(2)24)20(26)18-13-17(8-9-19(18)25)12-16-6-4-3-5-7-16/h3-9,13-14,25H,10-12H2,1-2H3,(H,22,24)(H,27,28). The Hall–Kier alpha value is -3.35. The third kappa shape index (κ3) is 5.57. The SMILES string of the molecule is CC(=O)NCCN(C(=O)c1cc(Cc2ccccc2)ccc1O)C(C)C(=O)O. The van der Waals surface area contributed by atoms with E-state index in [0.717, 1.165) is 16.0 Å². The van der Waals surface area contributed by atoms with Gasteiger partial charge < -0.3 is 20.4 Å². The first-order chi connectivity index (χ1) is 13.3. The quantitative estimate of drug-likeness (QED) is 0.646. The Bertz CT molecular complexity index is 851. The van der Waals surface area contributed by atoms with E-state index in [9.17, 15) is 24.6 Å². The lowest BCUT2D eigenvalue weighted by atomic mass is 10.0. The van der Waals surface area contributed by atoms with Gasteiger partial charge in [0.25, 0.3) is 5.91 Å². The highest BCUT2D eigenvalue weighted by Gasteiger charge is 2.28. The van der Waals surface area contributed by atoms with E-state index in [4.69, 9.17) is 0 Å². The molecule has 1 atom stereocenters. The van der Waals surface area contributed by atoms with Crippen LogP contribution in [0.25, 0.3) is 0 Å². The molecule has 148 valence electrons. The van der Waals surface area contributed by atoms with Crippen molar-refractivity contribution in [1.29, 1.82) is 0 Å². The number of aromatic hydroxyl groups is 1. The first kappa shape index (κ1) is 21.0. The van der Waals surface area contributed by atoms with Crippen LogP contribution in [0, 0.1) is 0 Å². The number of hydrogen-bond acceptors (Lipinski definition) is 4. The van der Waals surface area contributed by atoms with E-state index in [1.54, 1.807) is 12.1 Å². The van der Waals surface area contributed by atoms with Crippen LogP contribution in [-0.4, -0.2) is 52.0 Å². The summed E-state index contributed by atoms with van der Waals surface area (Å²) in [5.74, 6) is -2.27. The molecule has 0 saturated heterocycles. The Labute approximate surface area is 163 Å². The molecule has 0 heterocycles. The van der Waals surface area contributed by atoms with Crippen molar-refractivity contribution in [3.05, 3.63) is 65.2 Å². The van der Waals surface area contributed by atoms with Gasteiger partial charge in [0.1, 0.15) is 11.8 Å². The van der Waals surface area contributed by atoms with Gasteiger partial charge in [-0.1, -0.05) is 36.4 Å². The zero-order valence-corrected chi connectivity index (χ0v) is 15.9. The molecular weight excluding hydrogens is 360 g/mol. The Morgan fingerprint density at radius 2 is 1.75 bits per heavy atom. The summed E-state index contributed by atoms with van der Waals surface area (Å²) in [4.78, 5) is 36.6. The normalized spacial score (nSPS) is 11.5. The molecule has 28 heavy (non-hydrogen) atoms. The van der Waals surface area contributed by atoms with E-state index in [1.165, 1.54) is 19.9 Å². The van der Waals surface area contributed by atoms with Gasteiger partial charge in [0.2, 0.25) is 5.91 Å². The summed E-state index contributed by atoms with van der Waals surface area (Å²) in [6, 6.07) is 13.3. The number of amides is 2. The van der Waals surface area contributed by atoms with Crippen LogP contribution in [-0.2, 0) is 16.0 Å². The largest absolute Gasteiger partial charge is 0.507 e. The number of benzene rings is 2. The average molecular weight is 384 g/mol. The van der Waals surface area contributed by atoms with Crippen molar-refractivity contribution in [2.24, 2.45) is 0 Å². The molecule has 2 aromatic carbocycles. The fourth-order valence-corrected chi connectivity index (χ4v) is 2.81. The van der Waals surface area contributed by atoms with Crippen molar-refractivity contribution in [2.75, 3.05) is 13.1 Å². The third-order valence-corrected chi connectivity index (χ3v) is 4.35. The second-order valence-corrected chi connectivity index (χ2v) is 6.51. The van der Waals surface area contributed by atoms with Crippen LogP contribution in [0.4, 0.5) is 0 Å². The number of rotatable bonds is 8. The summed E-state index contributed by atoms with van der Waals surface area (Å²) in [7, 11) is 0. The number of carboxylic acid groups (broad SMARTS) is 1. The van der Waals surface area contributed by atoms with Gasteiger partial charge in [0.15, 0.2) is 0 Å². The molecular formula is C21H24N2O5. The summed E-state index contributed by atoms with van der Waals surface area (Å²) >= 11 is 0. The van der Waals surface area contributed by atoms with Crippen LogP contribution in [0.5, 0.6) is 5.75 Å². The van der Waals surface area contributed by atoms with Gasteiger partial charge >= 0.3 is 5.97 Å². The number of phenols is 1. The maximum absolute atomic E-state index is 13.0. The van der Waals surface area contributed by atoms with Crippen molar-refractivity contribution in [1.82, 2.24) is 10.2 Å². The number of nitrogens with one attached hydrogen (secondary N) is 1. The Morgan fingerprint density at radius 3 is 2.36 bits per heavy atom. The summed E-state index contributed by atoms with van der Waals surface area (Å²) in [6.07, 6.45) is 0.571. The van der Waals surface area contributed by atoms with E-state index >= 15 is 0 Å². The lowest BCUT2D eigenvalue weighted by Gasteiger charge is -2.27. The average Bonchev–Trinajstić information content (AvgIpc) is 2.66. The second kappa shape index (κ2) is 9.55. The van der Waals surface area contributed by atoms with Crippen LogP contribution in [0.15, 0.2) is 48.5 Å². The van der Waals surface area contributed by atoms with Crippen LogP contribution < -0.4 is 5.32 Å². The maximum atomic E-state index is 13.0. The highest BCUT2D eigenvalue weighted by atomic mass is 16.4. The predicted molar refractivity (Wildman–Crippen MR) is 104 cm³/mol. The molecule has 0 spiro atoms. The number of aliphatic carboxylic acids is 1. The number of carbonyl (C=O) groups is 3. The molecule has 2 rings (SSSR count). The molecule has 2 amide bonds. The van der Waals surface area contributed by atoms with E-state index < -0.39 is 17.9 Å². The highest BCUT2D eigenvalue weighted by Crippen LogP contribution is 2.23. The molecule has 7 heteroatoms. The predicted octanol–water partition coefficient (Wildman–Crippen LogP) is 2.03. The molecule has 0 bridgehead atoms. The van der Waals surface area contributed by atoms with Crippen LogP contribution >= 0.6 is 0 Å². The summed E-state index contributed by atoms with van der Waals surface area (Å²) in [5.41, 5.74) is 1.90. The monoisotopic (exact) mass is 384 g/mol. The lowest BCUT2D eigenvalue weighted by molar-refractivity contribution is -0.141. The van der Waals surface area contributed by atoms with Crippen molar-refractivity contribution >= 4 is 17.8 Å². The number of phenolic OH excluding ortho intramolecular Hbond substituents is 1. The smallest absolute Gasteiger partial charge is 0.326 e. The van der Waals surface area contributed by atoms with Crippen LogP contribution in [0.1, 0.15) is 35.3 Å². The molecule has 0 fully saturated rings. The number of carboxylic acids is 1. The topological polar surface area (TPSA) is 107 Å². The fraction of sp³-hybridized carbons (Fsp3) is 0.286. The minimum atomic E-state index is -1.17. The van der Waals surface area contributed by atoms with Crippen molar-refractivity contribution < 1.29 is 24.6 Å². The maximum Gasteiger partial charge on any atom is 0.326 e. The molecule has 0 aromatic heterocycles. The van der Waals surface area contributed by atoms with Gasteiger partial charge in [-0.15, -0.1) is 0 Å². The second-order valence-electron chi connectivity index (χ2n) is 6.51. The molecule has 0 aliphatic carbocycles. The fourth-order valence-electron chi connectivity index (χ4n) is 2.81. The van der Waals surface area contributed by atoms with E-state index in [1.807, 2.05) is 30.3 Å². The summed E-state index contributed by atoms with van der Waals surface area (Å²) in [5, 5.41) is 22.1. The van der Waals surface area contributed by atoms with Gasteiger partial charge in [-0.2, -0.15) is 0 Å². The molecule has 0 saturated carbocycles. The molecule has 0 aliphatic heterocycles. The Kier molecular flexibility index (Phi) is 7.14. The van der Waals surface area contributed by atoms with E-state index in [0.29, 0.717) is 6.42 Å². The van der Waals surface area contributed by atoms with Gasteiger partial charge in [0.05, 0.1) is 5.56 Å². The van der Waals surface area contributed by atoms with Crippen molar-refractivity contribution in [2.45, 2.75) is 26.3 Å². The Balaban J connectivity index is 2.27. The molecule has 2 aromatic rings. The zero-order valence-electron chi connectivity index (χ0n) is 15.9. The molecule has 0 radical (unpaired) electrons. The minimum Gasteiger partial charge on any atom is -0.507 e. The van der Waals surface area contributed by atoms with E-state index in [-0.39, 0.29) is 30.3 Å². The van der Waals surface area contributed by atoms with Gasteiger partial charge in [-0.25, -0.2) is 4.79 Å². The van der Waals surface area contributed by atoms with Crippen LogP contribution in [0.2, 0.25) is 0 Å². The highest BCUT2D eigenvalue weighted by molar-refractivity contribution is 5.99. The van der Waals surface area contributed by atoms with Gasteiger partial charge in [-0.3, -0.25) is 9.59 Å². The van der Waals surface area contributed by atoms with Crippen molar-refractivity contribution in [3.63, 3.8) is 0 Å². The summed E-state index contributed by atoms with van der Waals surface area (Å²) in [6.45, 7) is 2.85. The minimum absolute atomic E-state index is 0.00817. The molecule has 3 N–H and O–H groups in total. The van der Waals surface area contributed by atoms with Crippen LogP contribution in [0.3, 0.4) is 0 Å². The third-order valence-electron chi connectivity index (χ3n) is 4.35. The van der Waals surface area contributed by atoms with E-state index in [2.05, 4.69) is 5.32 Å². The molecule has 0 aliphatic rings. The first-order valence-electron chi connectivity index (χ1n) is 8.93. The first-order valence-corrected chi connectivity index (χ1v) is 8.93. The van der Waals surface area contributed by atoms with Gasteiger partial charge in [0, 0.05) is 20.0 Å². The Morgan fingerprint density at radius 1 is 1.07 bits per heavy atom. The number of hydrogen-bond donors (Lipinski definition) is 3. The lowest BCUT2D eigenvalue weighted by Crippen LogP contribution is -2.46. The zero-order chi connectivity index (χ0) is 20.7. The summed E-state index contributed by atoms with van der Waals surface area (Å²) < 4.78 is 0. The van der Waals surface area contributed by atoms with Crippen molar-refractivity contribution in [3.8, 4) is 5.75 Å².